The Morgan fingerprint density at radius 2 is 1.88 bits per heavy atom. The zero-order valence-electron chi connectivity index (χ0n) is 13.5. The number of carboxylic acids is 1. The summed E-state index contributed by atoms with van der Waals surface area (Å²) in [6, 6.07) is 5.49. The topological polar surface area (TPSA) is 88.1 Å². The summed E-state index contributed by atoms with van der Waals surface area (Å²) in [6.07, 6.45) is 1.87. The number of nitrogens with one attached hydrogen (secondary N) is 1. The fraction of sp³-hybridized carbons (Fsp3) is 0.529. The number of hydrogen-bond donors (Lipinski definition) is 2. The molecular weight excluding hydrogens is 312 g/mol. The predicted molar refractivity (Wildman–Crippen MR) is 86.2 cm³/mol. The number of likely N-dealkylation sites (tertiary alicyclic amines) is 1. The SMILES string of the molecule is O=C(O)C1CCN(C(=O)NCc2ccc3c(c2)OCCCO3)CC1. The number of fused-ring (bicyclic) bond motifs is 1. The number of carboxylic acid groups (broad SMARTS) is 1. The maximum absolute atomic E-state index is 12.2. The van der Waals surface area contributed by atoms with E-state index >= 15 is 0 Å². The van der Waals surface area contributed by atoms with Crippen LogP contribution in [0.5, 0.6) is 11.5 Å². The third-order valence-corrected chi connectivity index (χ3v) is 4.39. The fourth-order valence-corrected chi connectivity index (χ4v) is 2.94. The van der Waals surface area contributed by atoms with Crippen LogP contribution in [0, 0.1) is 5.92 Å². The molecule has 130 valence electrons. The number of urea groups is 1. The Balaban J connectivity index is 1.51. The zero-order chi connectivity index (χ0) is 16.9. The summed E-state index contributed by atoms with van der Waals surface area (Å²) in [5.41, 5.74) is 0.938. The normalized spacial score (nSPS) is 17.9. The van der Waals surface area contributed by atoms with Crippen molar-refractivity contribution in [3.8, 4) is 11.5 Å². The summed E-state index contributed by atoms with van der Waals surface area (Å²) in [7, 11) is 0. The minimum atomic E-state index is -0.776. The van der Waals surface area contributed by atoms with Gasteiger partial charge in [-0.2, -0.15) is 0 Å². The molecule has 1 aromatic rings. The molecule has 1 fully saturated rings. The molecule has 2 N–H and O–H groups in total. The summed E-state index contributed by atoms with van der Waals surface area (Å²) in [6.45, 7) is 2.62. The van der Waals surface area contributed by atoms with Gasteiger partial charge in [0.25, 0.3) is 0 Å². The zero-order valence-corrected chi connectivity index (χ0v) is 13.5. The van der Waals surface area contributed by atoms with Gasteiger partial charge in [0.2, 0.25) is 0 Å². The molecule has 0 saturated carbocycles. The standard InChI is InChI=1S/C17H22N2O5/c20-16(21)13-4-6-19(7-5-13)17(22)18-11-12-2-3-14-15(10-12)24-9-1-8-23-14/h2-3,10,13H,1,4-9,11H2,(H,18,22)(H,20,21). The number of amides is 2. The minimum Gasteiger partial charge on any atom is -0.490 e. The third kappa shape index (κ3) is 3.90. The van der Waals surface area contributed by atoms with Crippen LogP contribution >= 0.6 is 0 Å². The van der Waals surface area contributed by atoms with Gasteiger partial charge < -0.3 is 24.8 Å². The number of ether oxygens (including phenoxy) is 2. The van der Waals surface area contributed by atoms with E-state index in [2.05, 4.69) is 5.32 Å². The van der Waals surface area contributed by atoms with Gasteiger partial charge in [-0.1, -0.05) is 6.07 Å². The molecule has 1 aromatic carbocycles. The fourth-order valence-electron chi connectivity index (χ4n) is 2.94. The number of rotatable bonds is 3. The lowest BCUT2D eigenvalue weighted by Crippen LogP contribution is -2.45. The average Bonchev–Trinajstić information content (AvgIpc) is 2.84. The van der Waals surface area contributed by atoms with Crippen LogP contribution in [0.1, 0.15) is 24.8 Å². The first-order valence-electron chi connectivity index (χ1n) is 8.27. The number of piperidine rings is 1. The molecule has 2 aliphatic rings. The molecule has 0 unspecified atom stereocenters. The Morgan fingerprint density at radius 1 is 1.17 bits per heavy atom. The van der Waals surface area contributed by atoms with Crippen LogP contribution in [0.15, 0.2) is 18.2 Å². The number of carbonyl (C=O) groups excluding carboxylic acids is 1. The van der Waals surface area contributed by atoms with E-state index in [-0.39, 0.29) is 11.9 Å². The van der Waals surface area contributed by atoms with Crippen LogP contribution in [0.4, 0.5) is 4.79 Å². The Labute approximate surface area is 140 Å². The molecular formula is C17H22N2O5. The largest absolute Gasteiger partial charge is 0.490 e. The van der Waals surface area contributed by atoms with Gasteiger partial charge in [0.05, 0.1) is 19.1 Å². The molecule has 2 aliphatic heterocycles. The second-order valence-electron chi connectivity index (χ2n) is 6.09. The van der Waals surface area contributed by atoms with Crippen LogP contribution in [-0.2, 0) is 11.3 Å². The molecule has 0 atom stereocenters. The van der Waals surface area contributed by atoms with Gasteiger partial charge in [0.1, 0.15) is 0 Å². The summed E-state index contributed by atoms with van der Waals surface area (Å²) in [5.74, 6) is 0.331. The van der Waals surface area contributed by atoms with Crippen molar-refractivity contribution < 1.29 is 24.2 Å². The van der Waals surface area contributed by atoms with Crippen LogP contribution in [0.3, 0.4) is 0 Å². The van der Waals surface area contributed by atoms with E-state index in [1.165, 1.54) is 0 Å². The highest BCUT2D eigenvalue weighted by atomic mass is 16.5. The smallest absolute Gasteiger partial charge is 0.317 e. The first-order chi connectivity index (χ1) is 11.6. The van der Waals surface area contributed by atoms with Gasteiger partial charge in [0.15, 0.2) is 11.5 Å². The van der Waals surface area contributed by atoms with Gasteiger partial charge in [0, 0.05) is 26.1 Å². The van der Waals surface area contributed by atoms with Crippen molar-refractivity contribution in [2.45, 2.75) is 25.8 Å². The summed E-state index contributed by atoms with van der Waals surface area (Å²) in [5, 5.41) is 11.9. The van der Waals surface area contributed by atoms with Crippen LogP contribution in [0.2, 0.25) is 0 Å². The molecule has 7 nitrogen and oxygen atoms in total. The number of hydrogen-bond acceptors (Lipinski definition) is 4. The highest BCUT2D eigenvalue weighted by Gasteiger charge is 2.26. The third-order valence-electron chi connectivity index (χ3n) is 4.39. The van der Waals surface area contributed by atoms with E-state index in [0.717, 1.165) is 17.7 Å². The lowest BCUT2D eigenvalue weighted by Gasteiger charge is -2.30. The van der Waals surface area contributed by atoms with Crippen LogP contribution in [0.25, 0.3) is 0 Å². The van der Waals surface area contributed by atoms with Crippen LogP contribution in [-0.4, -0.2) is 48.3 Å². The molecule has 2 amide bonds. The average molecular weight is 334 g/mol. The Hall–Kier alpha value is -2.44. The summed E-state index contributed by atoms with van der Waals surface area (Å²) >= 11 is 0. The maximum Gasteiger partial charge on any atom is 0.317 e. The Bertz CT molecular complexity index is 611. The van der Waals surface area contributed by atoms with Gasteiger partial charge in [-0.05, 0) is 30.5 Å². The van der Waals surface area contributed by atoms with Crippen molar-refractivity contribution in [1.29, 1.82) is 0 Å². The van der Waals surface area contributed by atoms with Crippen molar-refractivity contribution >= 4 is 12.0 Å². The molecule has 0 spiro atoms. The van der Waals surface area contributed by atoms with Crippen molar-refractivity contribution in [3.05, 3.63) is 23.8 Å². The van der Waals surface area contributed by atoms with Gasteiger partial charge >= 0.3 is 12.0 Å². The quantitative estimate of drug-likeness (QED) is 0.881. The lowest BCUT2D eigenvalue weighted by molar-refractivity contribution is -0.143. The maximum atomic E-state index is 12.2. The number of nitrogens with zero attached hydrogens (tertiary/aromatic N) is 1. The molecule has 24 heavy (non-hydrogen) atoms. The Kier molecular flexibility index (Phi) is 5.08. The molecule has 0 radical (unpaired) electrons. The van der Waals surface area contributed by atoms with Crippen molar-refractivity contribution in [1.82, 2.24) is 10.2 Å². The molecule has 2 heterocycles. The molecule has 0 aromatic heterocycles. The number of aliphatic carboxylic acids is 1. The molecule has 0 aliphatic carbocycles. The van der Waals surface area contributed by atoms with E-state index in [9.17, 15) is 9.59 Å². The molecule has 3 rings (SSSR count). The Morgan fingerprint density at radius 3 is 2.58 bits per heavy atom. The van der Waals surface area contributed by atoms with Crippen molar-refractivity contribution in [2.75, 3.05) is 26.3 Å². The monoisotopic (exact) mass is 334 g/mol. The number of benzene rings is 1. The predicted octanol–water partition coefficient (Wildman–Crippen LogP) is 1.85. The van der Waals surface area contributed by atoms with Crippen molar-refractivity contribution in [3.63, 3.8) is 0 Å². The van der Waals surface area contributed by atoms with E-state index in [4.69, 9.17) is 14.6 Å². The summed E-state index contributed by atoms with van der Waals surface area (Å²) < 4.78 is 11.2. The highest BCUT2D eigenvalue weighted by molar-refractivity contribution is 5.75. The molecule has 7 heteroatoms. The molecule has 0 bridgehead atoms. The first kappa shape index (κ1) is 16.4. The van der Waals surface area contributed by atoms with Gasteiger partial charge in [-0.3, -0.25) is 4.79 Å². The second-order valence-corrected chi connectivity index (χ2v) is 6.09. The van der Waals surface area contributed by atoms with Crippen molar-refractivity contribution in [2.24, 2.45) is 5.92 Å². The van der Waals surface area contributed by atoms with Crippen LogP contribution < -0.4 is 14.8 Å². The minimum absolute atomic E-state index is 0.161. The lowest BCUT2D eigenvalue weighted by atomic mass is 9.97. The first-order valence-corrected chi connectivity index (χ1v) is 8.27. The number of carbonyl (C=O) groups is 2. The van der Waals surface area contributed by atoms with Gasteiger partial charge in [-0.25, -0.2) is 4.79 Å². The molecule has 1 saturated heterocycles. The highest BCUT2D eigenvalue weighted by Crippen LogP contribution is 2.30. The van der Waals surface area contributed by atoms with Gasteiger partial charge in [-0.15, -0.1) is 0 Å². The summed E-state index contributed by atoms with van der Waals surface area (Å²) in [4.78, 5) is 24.8. The van der Waals surface area contributed by atoms with E-state index < -0.39 is 5.97 Å². The van der Waals surface area contributed by atoms with E-state index in [1.54, 1.807) is 4.90 Å². The second kappa shape index (κ2) is 7.42. The van der Waals surface area contributed by atoms with E-state index in [0.29, 0.717) is 51.4 Å². The van der Waals surface area contributed by atoms with E-state index in [1.807, 2.05) is 18.2 Å².